The number of halogens is 4. The molecule has 96 heavy (non-hydrogen) atoms. The minimum Gasteiger partial charge on any atom is -0.444 e. The topological polar surface area (TPSA) is 207 Å². The number of alkyl halides is 4. The van der Waals surface area contributed by atoms with Gasteiger partial charge >= 0.3 is 12.2 Å². The Morgan fingerprint density at radius 3 is 1.56 bits per heavy atom. The summed E-state index contributed by atoms with van der Waals surface area (Å²) in [6, 6.07) is 42.0. The first-order valence-electron chi connectivity index (χ1n) is 30.5. The minimum absolute atomic E-state index is 0.0515. The highest BCUT2D eigenvalue weighted by molar-refractivity contribution is 7.33. The van der Waals surface area contributed by atoms with Crippen molar-refractivity contribution in [3.8, 4) is 20.9 Å². The maximum atomic E-state index is 17.5. The molecule has 8 heterocycles. The van der Waals surface area contributed by atoms with Crippen molar-refractivity contribution in [1.29, 1.82) is 0 Å². The van der Waals surface area contributed by atoms with Crippen LogP contribution in [0.1, 0.15) is 41.9 Å². The average Bonchev–Trinajstić information content (AvgIpc) is 1.56. The number of hydrogen-bond acceptors (Lipinski definition) is 20. The Labute approximate surface area is 562 Å². The first-order chi connectivity index (χ1) is 46.7. The summed E-state index contributed by atoms with van der Waals surface area (Å²) >= 11 is 7.53. The number of nitrogens with zero attached hydrogens (tertiary/aromatic N) is 8. The maximum absolute atomic E-state index is 17.5. The molecule has 4 fully saturated rings. The highest BCUT2D eigenvalue weighted by Gasteiger charge is 2.58. The Hall–Kier alpha value is -9.44. The molecule has 0 amide bonds. The molecule has 474 valence electrons. The van der Waals surface area contributed by atoms with Gasteiger partial charge in [-0.1, -0.05) is 91.0 Å². The zero-order chi connectivity index (χ0) is 65.1. The van der Waals surface area contributed by atoms with Crippen molar-refractivity contribution >= 4 is 210 Å². The van der Waals surface area contributed by atoms with Crippen molar-refractivity contribution in [1.82, 2.24) is 26.6 Å². The number of ketones is 4. The maximum Gasteiger partial charge on any atom is 0.419 e. The molecule has 14 aromatic rings. The van der Waals surface area contributed by atoms with Gasteiger partial charge in [-0.25, -0.2) is 46.3 Å². The van der Waals surface area contributed by atoms with E-state index in [2.05, 4.69) is 22.5 Å². The van der Waals surface area contributed by atoms with Crippen LogP contribution in [0.3, 0.4) is 0 Å². The van der Waals surface area contributed by atoms with E-state index >= 15 is 8.78 Å². The van der Waals surface area contributed by atoms with Crippen molar-refractivity contribution in [3.63, 3.8) is 0 Å². The Kier molecular flexibility index (Phi) is 13.9. The van der Waals surface area contributed by atoms with Gasteiger partial charge in [0.25, 0.3) is 0 Å². The normalized spacial score (nSPS) is 22.6. The quantitative estimate of drug-likeness (QED) is 0.0977. The second kappa shape index (κ2) is 22.6. The van der Waals surface area contributed by atoms with Crippen LogP contribution in [-0.2, 0) is 41.9 Å². The van der Waals surface area contributed by atoms with Crippen LogP contribution in [0.25, 0.3) is 104 Å². The van der Waals surface area contributed by atoms with Crippen LogP contribution < -0.4 is 0 Å². The van der Waals surface area contributed by atoms with Gasteiger partial charge in [0.1, 0.15) is 60.0 Å². The number of rotatable bonds is 9. The predicted molar refractivity (Wildman–Crippen MR) is 367 cm³/mol. The van der Waals surface area contributed by atoms with E-state index in [9.17, 15) is 37.5 Å². The number of ether oxygens (including phenoxy) is 2. The summed E-state index contributed by atoms with van der Waals surface area (Å²) in [5, 5.41) is 1.52. The van der Waals surface area contributed by atoms with Gasteiger partial charge in [-0.2, -0.15) is 17.5 Å². The van der Waals surface area contributed by atoms with E-state index in [1.54, 1.807) is 58.4 Å². The molecule has 0 N–H and O–H groups in total. The van der Waals surface area contributed by atoms with Crippen LogP contribution in [0.4, 0.5) is 38.5 Å². The molecule has 18 rings (SSSR count). The highest BCUT2D eigenvalue weighted by atomic mass is 32.1. The van der Waals surface area contributed by atoms with Gasteiger partial charge in [0.15, 0.2) is 17.3 Å². The van der Waals surface area contributed by atoms with E-state index in [0.717, 1.165) is 64.5 Å². The summed E-state index contributed by atoms with van der Waals surface area (Å²) in [6.45, 7) is 0.0232. The molecule has 4 aliphatic carbocycles. The number of carbonyl (C=O) groups is 6. The summed E-state index contributed by atoms with van der Waals surface area (Å²) in [7, 11) is 0. The molecule has 4 saturated carbocycles. The molecule has 0 saturated heterocycles. The van der Waals surface area contributed by atoms with Crippen LogP contribution in [0.5, 0.6) is 0 Å². The second-order valence-electron chi connectivity index (χ2n) is 24.3. The molecule has 16 nitrogen and oxygen atoms in total. The Bertz CT molecular complexity index is 5760. The largest absolute Gasteiger partial charge is 0.444 e. The third kappa shape index (κ3) is 9.11. The van der Waals surface area contributed by atoms with Gasteiger partial charge in [-0.05, 0) is 84.5 Å². The smallest absolute Gasteiger partial charge is 0.419 e. The lowest BCUT2D eigenvalue weighted by Crippen LogP contribution is -2.43. The third-order valence-electron chi connectivity index (χ3n) is 19.1. The molecule has 8 aromatic heterocycles. The summed E-state index contributed by atoms with van der Waals surface area (Å²) in [4.78, 5) is 94.5. The Morgan fingerprint density at radius 1 is 0.490 bits per heavy atom. The fraction of sp³-hybridized carbons (Fsp3) is 0.200. The molecule has 0 spiro atoms. The predicted octanol–water partition coefficient (Wildman–Crippen LogP) is 17.4. The van der Waals surface area contributed by atoms with Gasteiger partial charge in [0, 0.05) is 64.7 Å². The van der Waals surface area contributed by atoms with Crippen molar-refractivity contribution in [2.45, 2.75) is 63.1 Å². The third-order valence-corrected chi connectivity index (χ3v) is 25.1. The lowest BCUT2D eigenvalue weighted by atomic mass is 9.70. The van der Waals surface area contributed by atoms with Crippen LogP contribution >= 0.6 is 68.8 Å². The Balaban J connectivity index is 0.659. The van der Waals surface area contributed by atoms with Gasteiger partial charge in [0.2, 0.25) is 11.6 Å². The summed E-state index contributed by atoms with van der Waals surface area (Å²) in [5.41, 5.74) is 6.75. The zero-order valence-corrected chi connectivity index (χ0v) is 54.2. The van der Waals surface area contributed by atoms with Crippen LogP contribution in [0.15, 0.2) is 150 Å². The molecule has 4 aliphatic rings. The number of thiophene rings is 4. The van der Waals surface area contributed by atoms with Gasteiger partial charge < -0.3 is 9.47 Å². The second-order valence-corrected chi connectivity index (χ2v) is 29.6. The molecule has 9 unspecified atom stereocenters. The minimum atomic E-state index is -2.13. The molecule has 26 heteroatoms. The highest BCUT2D eigenvalue weighted by Crippen LogP contribution is 2.53. The van der Waals surface area contributed by atoms with E-state index in [0.29, 0.717) is 68.6 Å². The van der Waals surface area contributed by atoms with Crippen molar-refractivity contribution in [3.05, 3.63) is 156 Å². The number of Topliss-reactive ketones (excluding diaryl/α,β-unsaturated/α-hetero) is 4. The van der Waals surface area contributed by atoms with Crippen molar-refractivity contribution in [2.75, 3.05) is 0 Å². The van der Waals surface area contributed by atoms with E-state index in [4.69, 9.17) is 14.5 Å². The van der Waals surface area contributed by atoms with Gasteiger partial charge in [0.05, 0.1) is 87.3 Å². The van der Waals surface area contributed by atoms with Gasteiger partial charge in [-0.3, -0.25) is 19.2 Å². The molecule has 0 bridgehead atoms. The molecule has 0 aliphatic heterocycles. The standard InChI is InChI=1S/C70H42F4N8O8S6/c71-39-22-36-37(23-40(39)72)62(84)58(61(36)83)76-43-20-18-33(54-57(43)80-96-78-54)49-26-45-66(93-49)68-60(82(45)70(88)90-28-30-11-5-2-6-12-30)35-16-15-31(21-47(35)94-68)50-41(73)24-38-51(52(50)74)63(85)64(86)55(38)75-42-19-17-32(53-56(42)79-95-77-53)48-25-44-65(92-48)67-59(34-13-7-8-14-46(34)91-67)81(44)69(87)89-27-29-9-3-1-4-10-29/h1-21,25-26,36-41,50-52H,22-24,27-28H2. The number of aliphatic imine (C=N–C) groups is 2. The number of hydrogen-bond donors (Lipinski definition) is 0. The molecular formula is C70H42F4N8O8S6. The van der Waals surface area contributed by atoms with E-state index in [1.165, 1.54) is 38.6 Å². The summed E-state index contributed by atoms with van der Waals surface area (Å²) in [6.07, 6.45) is -10.1. The van der Waals surface area contributed by atoms with Crippen molar-refractivity contribution < 1.29 is 55.8 Å². The number of benzene rings is 6. The molecular weight excluding hydrogens is 1350 g/mol. The van der Waals surface area contributed by atoms with Gasteiger partial charge in [-0.15, -0.1) is 45.3 Å². The number of fused-ring (bicyclic) bond motifs is 14. The monoisotopic (exact) mass is 1390 g/mol. The van der Waals surface area contributed by atoms with E-state index in [-0.39, 0.29) is 53.5 Å². The molecule has 0 radical (unpaired) electrons. The van der Waals surface area contributed by atoms with Crippen LogP contribution in [-0.4, -0.2) is 98.1 Å². The molecule has 9 atom stereocenters. The van der Waals surface area contributed by atoms with Crippen LogP contribution in [0, 0.1) is 23.7 Å². The number of carbonyl (C=O) groups excluding carboxylic acids is 6. The zero-order valence-electron chi connectivity index (χ0n) is 49.3. The fourth-order valence-electron chi connectivity index (χ4n) is 14.5. The van der Waals surface area contributed by atoms with Crippen molar-refractivity contribution in [2.24, 2.45) is 33.7 Å². The lowest BCUT2D eigenvalue weighted by Gasteiger charge is -2.36. The number of aromatic nitrogens is 6. The summed E-state index contributed by atoms with van der Waals surface area (Å²) in [5.74, 6) is -9.36. The van der Waals surface area contributed by atoms with E-state index in [1.807, 2.05) is 97.1 Å². The molecule has 6 aromatic carbocycles. The SMILES string of the molecule is O=C1C(=O)C2C(CC(F)C(c3ccc4c(c3)sc3c5sc(-c6ccc(N=C7C(=O)C8CC(F)C(F)CC8C7=O)c7nsnc67)cc5n(C(=O)OCc5ccccc5)c43)C2F)C1=Nc1ccc(-c2cc3c(s2)c2sc4ccccc4c2n3C(=O)OCc2ccccc2)c2nsnc12. The van der Waals surface area contributed by atoms with Crippen LogP contribution in [0.2, 0.25) is 0 Å². The fourth-order valence-corrected chi connectivity index (χ4v) is 20.7. The first-order valence-corrected chi connectivity index (χ1v) is 35.3. The average molecular weight is 1390 g/mol. The van der Waals surface area contributed by atoms with E-state index < -0.39 is 102 Å². The first kappa shape index (κ1) is 59.1. The summed E-state index contributed by atoms with van der Waals surface area (Å²) < 4.78 is 102. The lowest BCUT2D eigenvalue weighted by molar-refractivity contribution is -0.136. The Morgan fingerprint density at radius 2 is 0.990 bits per heavy atom.